The van der Waals surface area contributed by atoms with Gasteiger partial charge in [0.15, 0.2) is 5.01 Å². The minimum atomic E-state index is 0.424. The molecule has 0 aliphatic heterocycles. The Morgan fingerprint density at radius 2 is 2.18 bits per heavy atom. The van der Waals surface area contributed by atoms with Crippen LogP contribution < -0.4 is 10.5 Å². The van der Waals surface area contributed by atoms with Crippen LogP contribution in [0.2, 0.25) is 0 Å². The van der Waals surface area contributed by atoms with Crippen LogP contribution in [0.25, 0.3) is 10.6 Å². The van der Waals surface area contributed by atoms with Crippen molar-refractivity contribution in [3.05, 3.63) is 28.8 Å². The van der Waals surface area contributed by atoms with Crippen molar-refractivity contribution in [3.63, 3.8) is 0 Å². The number of benzene rings is 1. The Balaban J connectivity index is 2.44. The summed E-state index contributed by atoms with van der Waals surface area (Å²) in [5.41, 5.74) is 7.71. The molecule has 0 saturated heterocycles. The first-order chi connectivity index (χ1) is 8.24. The van der Waals surface area contributed by atoms with E-state index in [1.54, 1.807) is 0 Å². The van der Waals surface area contributed by atoms with Crippen molar-refractivity contribution in [1.29, 1.82) is 0 Å². The maximum absolute atomic E-state index is 5.60. The van der Waals surface area contributed by atoms with Crippen molar-refractivity contribution in [2.75, 3.05) is 6.61 Å². The van der Waals surface area contributed by atoms with E-state index >= 15 is 0 Å². The summed E-state index contributed by atoms with van der Waals surface area (Å²) in [7, 11) is 0. The zero-order valence-corrected chi connectivity index (χ0v) is 10.8. The monoisotopic (exact) mass is 249 g/mol. The van der Waals surface area contributed by atoms with Crippen molar-refractivity contribution >= 4 is 11.3 Å². The molecule has 0 spiro atoms. The third-order valence-electron chi connectivity index (χ3n) is 2.31. The number of hydrogen-bond acceptors (Lipinski definition) is 5. The van der Waals surface area contributed by atoms with Gasteiger partial charge in [-0.3, -0.25) is 0 Å². The maximum atomic E-state index is 5.60. The van der Waals surface area contributed by atoms with Crippen LogP contribution in [0.3, 0.4) is 0 Å². The Kier molecular flexibility index (Phi) is 3.71. The highest BCUT2D eigenvalue weighted by atomic mass is 32.1. The van der Waals surface area contributed by atoms with Gasteiger partial charge >= 0.3 is 0 Å². The molecule has 0 atom stereocenters. The van der Waals surface area contributed by atoms with Gasteiger partial charge in [-0.1, -0.05) is 23.0 Å². The van der Waals surface area contributed by atoms with Gasteiger partial charge in [-0.25, -0.2) is 0 Å². The Morgan fingerprint density at radius 3 is 2.82 bits per heavy atom. The van der Waals surface area contributed by atoms with Crippen LogP contribution in [0.15, 0.2) is 18.2 Å². The van der Waals surface area contributed by atoms with Crippen LogP contribution >= 0.6 is 11.3 Å². The van der Waals surface area contributed by atoms with Crippen LogP contribution in [0.4, 0.5) is 0 Å². The molecule has 0 fully saturated rings. The molecule has 1 aromatic heterocycles. The molecule has 2 N–H and O–H groups in total. The van der Waals surface area contributed by atoms with E-state index in [9.17, 15) is 0 Å². The lowest BCUT2D eigenvalue weighted by molar-refractivity contribution is 0.341. The van der Waals surface area contributed by atoms with Crippen molar-refractivity contribution in [2.45, 2.75) is 20.4 Å². The van der Waals surface area contributed by atoms with Gasteiger partial charge in [-0.15, -0.1) is 10.2 Å². The SMILES string of the molecule is CCOc1ccc(C)cc1-c1nnc(CN)s1. The molecular weight excluding hydrogens is 234 g/mol. The van der Waals surface area contributed by atoms with Crippen molar-refractivity contribution in [1.82, 2.24) is 10.2 Å². The number of ether oxygens (including phenoxy) is 1. The van der Waals surface area contributed by atoms with E-state index in [0.29, 0.717) is 13.2 Å². The predicted octanol–water partition coefficient (Wildman–Crippen LogP) is 2.37. The molecule has 17 heavy (non-hydrogen) atoms. The topological polar surface area (TPSA) is 61.0 Å². The van der Waals surface area contributed by atoms with E-state index in [0.717, 1.165) is 21.3 Å². The third kappa shape index (κ3) is 2.62. The van der Waals surface area contributed by atoms with E-state index in [-0.39, 0.29) is 0 Å². The summed E-state index contributed by atoms with van der Waals surface area (Å²) in [5.74, 6) is 0.845. The van der Waals surface area contributed by atoms with Gasteiger partial charge in [0, 0.05) is 6.54 Å². The standard InChI is InChI=1S/C12H15N3OS/c1-3-16-10-5-4-8(2)6-9(10)12-15-14-11(7-13)17-12/h4-6H,3,7,13H2,1-2H3. The normalized spacial score (nSPS) is 10.5. The average molecular weight is 249 g/mol. The molecule has 90 valence electrons. The van der Waals surface area contributed by atoms with Gasteiger partial charge in [-0.05, 0) is 26.0 Å². The van der Waals surface area contributed by atoms with Crippen LogP contribution in [-0.4, -0.2) is 16.8 Å². The van der Waals surface area contributed by atoms with Crippen LogP contribution in [0.1, 0.15) is 17.5 Å². The van der Waals surface area contributed by atoms with E-state index in [4.69, 9.17) is 10.5 Å². The lowest BCUT2D eigenvalue weighted by atomic mass is 10.1. The predicted molar refractivity (Wildman–Crippen MR) is 69.1 cm³/mol. The zero-order valence-electron chi connectivity index (χ0n) is 9.93. The minimum Gasteiger partial charge on any atom is -0.493 e. The fourth-order valence-corrected chi connectivity index (χ4v) is 2.28. The summed E-state index contributed by atoms with van der Waals surface area (Å²) in [6.45, 7) is 5.07. The minimum absolute atomic E-state index is 0.424. The Labute approximate surface area is 104 Å². The molecule has 1 heterocycles. The largest absolute Gasteiger partial charge is 0.493 e. The number of aryl methyl sites for hydroxylation is 1. The van der Waals surface area contributed by atoms with Gasteiger partial charge in [0.05, 0.1) is 12.2 Å². The smallest absolute Gasteiger partial charge is 0.151 e. The molecule has 0 saturated carbocycles. The number of aromatic nitrogens is 2. The fraction of sp³-hybridized carbons (Fsp3) is 0.333. The Morgan fingerprint density at radius 1 is 1.35 bits per heavy atom. The molecule has 4 nitrogen and oxygen atoms in total. The molecular formula is C12H15N3OS. The lowest BCUT2D eigenvalue weighted by Gasteiger charge is -2.08. The van der Waals surface area contributed by atoms with Crippen molar-refractivity contribution < 1.29 is 4.74 Å². The fourth-order valence-electron chi connectivity index (χ4n) is 1.54. The molecule has 5 heteroatoms. The summed E-state index contributed by atoms with van der Waals surface area (Å²) in [5, 5.41) is 9.88. The van der Waals surface area contributed by atoms with Crippen LogP contribution in [0.5, 0.6) is 5.75 Å². The summed E-state index contributed by atoms with van der Waals surface area (Å²) in [6, 6.07) is 6.06. The van der Waals surface area contributed by atoms with E-state index in [1.165, 1.54) is 16.9 Å². The zero-order chi connectivity index (χ0) is 12.3. The highest BCUT2D eigenvalue weighted by molar-refractivity contribution is 7.14. The molecule has 0 amide bonds. The molecule has 0 aliphatic rings. The first-order valence-corrected chi connectivity index (χ1v) is 6.32. The summed E-state index contributed by atoms with van der Waals surface area (Å²) in [6.07, 6.45) is 0. The quantitative estimate of drug-likeness (QED) is 0.903. The first kappa shape index (κ1) is 12.0. The number of nitrogens with two attached hydrogens (primary N) is 1. The molecule has 2 aromatic rings. The number of nitrogens with zero attached hydrogens (tertiary/aromatic N) is 2. The highest BCUT2D eigenvalue weighted by Crippen LogP contribution is 2.32. The summed E-state index contributed by atoms with van der Waals surface area (Å²) in [4.78, 5) is 0. The van der Waals surface area contributed by atoms with Gasteiger partial charge in [-0.2, -0.15) is 0 Å². The van der Waals surface area contributed by atoms with Crippen LogP contribution in [-0.2, 0) is 6.54 Å². The van der Waals surface area contributed by atoms with Gasteiger partial charge < -0.3 is 10.5 Å². The first-order valence-electron chi connectivity index (χ1n) is 5.51. The average Bonchev–Trinajstić information content (AvgIpc) is 2.80. The second kappa shape index (κ2) is 5.25. The third-order valence-corrected chi connectivity index (χ3v) is 3.29. The second-order valence-corrected chi connectivity index (χ2v) is 4.70. The molecule has 0 unspecified atom stereocenters. The van der Waals surface area contributed by atoms with Gasteiger partial charge in [0.1, 0.15) is 10.8 Å². The van der Waals surface area contributed by atoms with E-state index < -0.39 is 0 Å². The molecule has 1 aromatic carbocycles. The lowest BCUT2D eigenvalue weighted by Crippen LogP contribution is -1.94. The molecule has 2 rings (SSSR count). The van der Waals surface area contributed by atoms with Crippen molar-refractivity contribution in [3.8, 4) is 16.3 Å². The number of rotatable bonds is 4. The van der Waals surface area contributed by atoms with Gasteiger partial charge in [0.25, 0.3) is 0 Å². The van der Waals surface area contributed by atoms with Crippen molar-refractivity contribution in [2.24, 2.45) is 5.73 Å². The summed E-state index contributed by atoms with van der Waals surface area (Å²) >= 11 is 1.51. The Hall–Kier alpha value is -1.46. The van der Waals surface area contributed by atoms with E-state index in [2.05, 4.69) is 16.3 Å². The molecule has 0 aliphatic carbocycles. The second-order valence-electron chi connectivity index (χ2n) is 3.64. The maximum Gasteiger partial charge on any atom is 0.151 e. The summed E-state index contributed by atoms with van der Waals surface area (Å²) < 4.78 is 5.60. The van der Waals surface area contributed by atoms with Gasteiger partial charge in [0.2, 0.25) is 0 Å². The molecule has 0 radical (unpaired) electrons. The highest BCUT2D eigenvalue weighted by Gasteiger charge is 2.11. The van der Waals surface area contributed by atoms with Crippen LogP contribution in [0, 0.1) is 6.92 Å². The molecule has 0 bridgehead atoms. The van der Waals surface area contributed by atoms with E-state index in [1.807, 2.05) is 26.0 Å². The Bertz CT molecular complexity index is 510. The number of hydrogen-bond donors (Lipinski definition) is 1.